The van der Waals surface area contributed by atoms with Crippen molar-refractivity contribution < 1.29 is 20.1 Å². The number of carboxylic acids is 1. The second-order valence-corrected chi connectivity index (χ2v) is 3.38. The number of benzene rings is 1. The molecule has 1 aliphatic heterocycles. The Morgan fingerprint density at radius 2 is 2.00 bits per heavy atom. The van der Waals surface area contributed by atoms with Crippen molar-refractivity contribution in [2.24, 2.45) is 4.99 Å². The lowest BCUT2D eigenvalue weighted by molar-refractivity contribution is -0.138. The third kappa shape index (κ3) is 1.63. The quantitative estimate of drug-likeness (QED) is 0.586. The molecule has 0 saturated heterocycles. The van der Waals surface area contributed by atoms with E-state index in [0.29, 0.717) is 11.1 Å². The van der Waals surface area contributed by atoms with E-state index in [0.717, 1.165) is 0 Å². The molecule has 5 nitrogen and oxygen atoms in total. The second-order valence-electron chi connectivity index (χ2n) is 3.38. The summed E-state index contributed by atoms with van der Waals surface area (Å²) in [5.41, 5.74) is 1.32. The van der Waals surface area contributed by atoms with Gasteiger partial charge in [-0.1, -0.05) is 0 Å². The van der Waals surface area contributed by atoms with E-state index in [1.807, 2.05) is 0 Å². The van der Waals surface area contributed by atoms with Gasteiger partial charge in [0.15, 0.2) is 17.5 Å². The first-order chi connectivity index (χ1) is 7.08. The van der Waals surface area contributed by atoms with Crippen LogP contribution in [-0.4, -0.2) is 33.5 Å². The SMILES string of the molecule is O=C(O)C1Cc2cc(O)c(O)cc2C=N1. The molecule has 1 unspecified atom stereocenters. The van der Waals surface area contributed by atoms with E-state index in [2.05, 4.69) is 4.99 Å². The summed E-state index contributed by atoms with van der Waals surface area (Å²) in [5.74, 6) is -1.47. The molecule has 1 aromatic rings. The van der Waals surface area contributed by atoms with Gasteiger partial charge < -0.3 is 15.3 Å². The van der Waals surface area contributed by atoms with E-state index in [9.17, 15) is 15.0 Å². The Kier molecular flexibility index (Phi) is 2.07. The minimum Gasteiger partial charge on any atom is -0.504 e. The van der Waals surface area contributed by atoms with Crippen molar-refractivity contribution in [3.63, 3.8) is 0 Å². The summed E-state index contributed by atoms with van der Waals surface area (Å²) in [6.45, 7) is 0. The van der Waals surface area contributed by atoms with Gasteiger partial charge in [-0.15, -0.1) is 0 Å². The highest BCUT2D eigenvalue weighted by atomic mass is 16.4. The van der Waals surface area contributed by atoms with E-state index in [-0.39, 0.29) is 17.9 Å². The lowest BCUT2D eigenvalue weighted by atomic mass is 9.97. The van der Waals surface area contributed by atoms with Crippen molar-refractivity contribution in [1.29, 1.82) is 0 Å². The fraction of sp³-hybridized carbons (Fsp3) is 0.200. The molecule has 1 aliphatic rings. The Hall–Kier alpha value is -2.04. The number of hydrogen-bond donors (Lipinski definition) is 3. The molecule has 1 atom stereocenters. The Morgan fingerprint density at radius 3 is 2.67 bits per heavy atom. The minimum atomic E-state index is -0.996. The van der Waals surface area contributed by atoms with Crippen molar-refractivity contribution in [1.82, 2.24) is 0 Å². The molecule has 0 aromatic heterocycles. The summed E-state index contributed by atoms with van der Waals surface area (Å²) in [5, 5.41) is 27.2. The predicted octanol–water partition coefficient (Wildman–Crippen LogP) is 0.526. The number of phenolic OH excluding ortho intramolecular Hbond substituents is 2. The molecule has 1 heterocycles. The van der Waals surface area contributed by atoms with Crippen LogP contribution in [0, 0.1) is 0 Å². The predicted molar refractivity (Wildman–Crippen MR) is 52.5 cm³/mol. The number of rotatable bonds is 1. The zero-order valence-corrected chi connectivity index (χ0v) is 7.71. The van der Waals surface area contributed by atoms with Gasteiger partial charge in [-0.05, 0) is 23.3 Å². The molecule has 0 radical (unpaired) electrons. The van der Waals surface area contributed by atoms with Gasteiger partial charge >= 0.3 is 5.97 Å². The number of carboxylic acid groups (broad SMARTS) is 1. The topological polar surface area (TPSA) is 90.1 Å². The fourth-order valence-corrected chi connectivity index (χ4v) is 1.52. The molecule has 0 saturated carbocycles. The molecular weight excluding hydrogens is 198 g/mol. The Balaban J connectivity index is 2.42. The first-order valence-electron chi connectivity index (χ1n) is 4.39. The number of carbonyl (C=O) groups is 1. The number of fused-ring (bicyclic) bond motifs is 1. The highest BCUT2D eigenvalue weighted by molar-refractivity contribution is 5.88. The van der Waals surface area contributed by atoms with Crippen molar-refractivity contribution in [3.05, 3.63) is 23.3 Å². The number of nitrogens with zero attached hydrogens (tertiary/aromatic N) is 1. The van der Waals surface area contributed by atoms with Crippen LogP contribution in [-0.2, 0) is 11.2 Å². The van der Waals surface area contributed by atoms with Gasteiger partial charge in [-0.2, -0.15) is 0 Å². The van der Waals surface area contributed by atoms with Crippen LogP contribution in [0.5, 0.6) is 11.5 Å². The van der Waals surface area contributed by atoms with Gasteiger partial charge in [0.1, 0.15) is 0 Å². The van der Waals surface area contributed by atoms with Gasteiger partial charge in [0.2, 0.25) is 0 Å². The van der Waals surface area contributed by atoms with Crippen LogP contribution < -0.4 is 0 Å². The number of hydrogen-bond acceptors (Lipinski definition) is 4. The van der Waals surface area contributed by atoms with E-state index in [1.54, 1.807) is 0 Å². The molecule has 0 fully saturated rings. The summed E-state index contributed by atoms with van der Waals surface area (Å²) in [6.07, 6.45) is 1.63. The standard InChI is InChI=1S/C10H9NO4/c12-8-2-5-1-7(10(14)15)11-4-6(5)3-9(8)13/h2-4,7,12-13H,1H2,(H,14,15). The van der Waals surface area contributed by atoms with Crippen molar-refractivity contribution in [2.45, 2.75) is 12.5 Å². The van der Waals surface area contributed by atoms with Crippen LogP contribution in [0.15, 0.2) is 17.1 Å². The summed E-state index contributed by atoms with van der Waals surface area (Å²) >= 11 is 0. The molecular formula is C10H9NO4. The zero-order chi connectivity index (χ0) is 11.0. The van der Waals surface area contributed by atoms with E-state index < -0.39 is 12.0 Å². The maximum Gasteiger partial charge on any atom is 0.328 e. The molecule has 0 spiro atoms. The molecule has 0 amide bonds. The first kappa shape index (κ1) is 9.51. The second kappa shape index (κ2) is 3.27. The monoisotopic (exact) mass is 207 g/mol. The molecule has 15 heavy (non-hydrogen) atoms. The number of aromatic hydroxyl groups is 2. The van der Waals surface area contributed by atoms with Crippen LogP contribution >= 0.6 is 0 Å². The highest BCUT2D eigenvalue weighted by Crippen LogP contribution is 2.30. The number of aliphatic carboxylic acids is 1. The molecule has 5 heteroatoms. The van der Waals surface area contributed by atoms with E-state index in [1.165, 1.54) is 18.3 Å². The lowest BCUT2D eigenvalue weighted by Gasteiger charge is -2.15. The van der Waals surface area contributed by atoms with Crippen LogP contribution in [0.2, 0.25) is 0 Å². The van der Waals surface area contributed by atoms with Gasteiger partial charge in [-0.3, -0.25) is 4.99 Å². The summed E-state index contributed by atoms with van der Waals surface area (Å²) in [7, 11) is 0. The normalized spacial score (nSPS) is 18.5. The van der Waals surface area contributed by atoms with E-state index >= 15 is 0 Å². The third-order valence-corrected chi connectivity index (χ3v) is 2.33. The van der Waals surface area contributed by atoms with E-state index in [4.69, 9.17) is 5.11 Å². The zero-order valence-electron chi connectivity index (χ0n) is 7.71. The van der Waals surface area contributed by atoms with Crippen LogP contribution in [0.3, 0.4) is 0 Å². The fourth-order valence-electron chi connectivity index (χ4n) is 1.52. The Labute approximate surface area is 85.3 Å². The van der Waals surface area contributed by atoms with Gasteiger partial charge in [-0.25, -0.2) is 4.79 Å². The molecule has 1 aromatic carbocycles. The largest absolute Gasteiger partial charge is 0.504 e. The molecule has 78 valence electrons. The van der Waals surface area contributed by atoms with Crippen molar-refractivity contribution in [2.75, 3.05) is 0 Å². The Bertz CT molecular complexity index is 453. The van der Waals surface area contributed by atoms with Crippen molar-refractivity contribution >= 4 is 12.2 Å². The maximum absolute atomic E-state index is 10.7. The van der Waals surface area contributed by atoms with Gasteiger partial charge in [0.25, 0.3) is 0 Å². The molecule has 0 aliphatic carbocycles. The maximum atomic E-state index is 10.7. The Morgan fingerprint density at radius 1 is 1.33 bits per heavy atom. The summed E-state index contributed by atoms with van der Waals surface area (Å²) in [4.78, 5) is 14.5. The summed E-state index contributed by atoms with van der Waals surface area (Å²) in [6, 6.07) is 1.93. The third-order valence-electron chi connectivity index (χ3n) is 2.33. The van der Waals surface area contributed by atoms with Gasteiger partial charge in [0.05, 0.1) is 0 Å². The molecule has 0 bridgehead atoms. The summed E-state index contributed by atoms with van der Waals surface area (Å²) < 4.78 is 0. The average Bonchev–Trinajstić information content (AvgIpc) is 2.19. The first-order valence-corrected chi connectivity index (χ1v) is 4.39. The molecule has 3 N–H and O–H groups in total. The van der Waals surface area contributed by atoms with Crippen molar-refractivity contribution in [3.8, 4) is 11.5 Å². The lowest BCUT2D eigenvalue weighted by Crippen LogP contribution is -2.24. The van der Waals surface area contributed by atoms with Crippen LogP contribution in [0.25, 0.3) is 0 Å². The average molecular weight is 207 g/mol. The smallest absolute Gasteiger partial charge is 0.328 e. The van der Waals surface area contributed by atoms with Gasteiger partial charge in [0, 0.05) is 12.6 Å². The minimum absolute atomic E-state index is 0.228. The van der Waals surface area contributed by atoms with Crippen LogP contribution in [0.1, 0.15) is 11.1 Å². The van der Waals surface area contributed by atoms with Crippen LogP contribution in [0.4, 0.5) is 0 Å². The number of phenols is 2. The highest BCUT2D eigenvalue weighted by Gasteiger charge is 2.22. The number of aliphatic imine (C=N–C) groups is 1. The molecule has 2 rings (SSSR count).